The second-order valence-electron chi connectivity index (χ2n) is 5.53. The number of carbonyl (C=O) groups excluding carboxylic acids is 2. The molecule has 3 N–H and O–H groups in total. The highest BCUT2D eigenvalue weighted by atomic mass is 32.1. The van der Waals surface area contributed by atoms with E-state index >= 15 is 0 Å². The fourth-order valence-electron chi connectivity index (χ4n) is 2.58. The molecule has 0 spiro atoms. The van der Waals surface area contributed by atoms with Gasteiger partial charge in [-0.1, -0.05) is 18.2 Å². The van der Waals surface area contributed by atoms with Crippen LogP contribution in [-0.4, -0.2) is 24.9 Å². The molecule has 1 aromatic heterocycles. The van der Waals surface area contributed by atoms with E-state index in [0.29, 0.717) is 24.3 Å². The van der Waals surface area contributed by atoms with E-state index in [1.54, 1.807) is 23.5 Å². The Hall–Kier alpha value is -2.18. The summed E-state index contributed by atoms with van der Waals surface area (Å²) in [4.78, 5) is 25.4. The molecule has 1 atom stereocenters. The summed E-state index contributed by atoms with van der Waals surface area (Å²) in [7, 11) is 0. The van der Waals surface area contributed by atoms with Crippen molar-refractivity contribution in [2.75, 3.05) is 23.7 Å². The zero-order valence-electron chi connectivity index (χ0n) is 12.7. The normalized spacial score (nSPS) is 17.0. The zero-order chi connectivity index (χ0) is 16.1. The predicted molar refractivity (Wildman–Crippen MR) is 92.7 cm³/mol. The largest absolute Gasteiger partial charge is 0.324 e. The van der Waals surface area contributed by atoms with Crippen molar-refractivity contribution in [1.82, 2.24) is 5.32 Å². The Labute approximate surface area is 139 Å². The monoisotopic (exact) mass is 329 g/mol. The van der Waals surface area contributed by atoms with Crippen LogP contribution >= 0.6 is 11.3 Å². The molecule has 3 rings (SSSR count). The third-order valence-electron chi connectivity index (χ3n) is 3.81. The summed E-state index contributed by atoms with van der Waals surface area (Å²) in [5.41, 5.74) is 1.28. The number of hydrogen-bond donors (Lipinski definition) is 3. The maximum absolute atomic E-state index is 12.2. The smallest absolute Gasteiger partial charge is 0.229 e. The van der Waals surface area contributed by atoms with Crippen LogP contribution in [0.4, 0.5) is 11.4 Å². The molecule has 1 aromatic carbocycles. The van der Waals surface area contributed by atoms with Crippen LogP contribution in [0.15, 0.2) is 41.8 Å². The van der Waals surface area contributed by atoms with Crippen LogP contribution in [0, 0.1) is 5.92 Å². The van der Waals surface area contributed by atoms with E-state index < -0.39 is 0 Å². The quantitative estimate of drug-likeness (QED) is 0.789. The first-order valence-electron chi connectivity index (χ1n) is 7.65. The van der Waals surface area contributed by atoms with Crippen molar-refractivity contribution in [3.05, 3.63) is 46.7 Å². The fourth-order valence-corrected chi connectivity index (χ4v) is 3.28. The lowest BCUT2D eigenvalue weighted by Crippen LogP contribution is -2.25. The highest BCUT2D eigenvalue weighted by molar-refractivity contribution is 7.10. The molecule has 1 unspecified atom stereocenters. The van der Waals surface area contributed by atoms with Crippen molar-refractivity contribution in [2.45, 2.75) is 12.8 Å². The molecule has 0 radical (unpaired) electrons. The number of nitrogens with one attached hydrogen (secondary N) is 3. The summed E-state index contributed by atoms with van der Waals surface area (Å²) in [6.45, 7) is 1.58. The van der Waals surface area contributed by atoms with Crippen LogP contribution in [0.2, 0.25) is 0 Å². The van der Waals surface area contributed by atoms with E-state index in [4.69, 9.17) is 0 Å². The molecule has 2 heterocycles. The number of amides is 2. The minimum atomic E-state index is -0.0864. The van der Waals surface area contributed by atoms with E-state index in [-0.39, 0.29) is 17.7 Å². The van der Waals surface area contributed by atoms with Crippen LogP contribution in [0.5, 0.6) is 0 Å². The van der Waals surface area contributed by atoms with Crippen molar-refractivity contribution in [2.24, 2.45) is 5.92 Å². The lowest BCUT2D eigenvalue weighted by molar-refractivity contribution is -0.119. The molecular weight excluding hydrogens is 310 g/mol. The topological polar surface area (TPSA) is 70.2 Å². The van der Waals surface area contributed by atoms with Crippen LogP contribution in [0.3, 0.4) is 0 Å². The molecule has 2 aromatic rings. The third kappa shape index (κ3) is 4.18. The lowest BCUT2D eigenvalue weighted by Gasteiger charge is -2.14. The third-order valence-corrected chi connectivity index (χ3v) is 4.68. The lowest BCUT2D eigenvalue weighted by atomic mass is 10.1. The van der Waals surface area contributed by atoms with Gasteiger partial charge in [0.15, 0.2) is 0 Å². The summed E-state index contributed by atoms with van der Waals surface area (Å²) in [6.07, 6.45) is 1.19. The number of thiophene rings is 1. The number of hydrogen-bond acceptors (Lipinski definition) is 4. The van der Waals surface area contributed by atoms with E-state index in [2.05, 4.69) is 16.0 Å². The molecule has 1 aliphatic rings. The molecular formula is C17H19N3O2S. The van der Waals surface area contributed by atoms with E-state index in [1.807, 2.05) is 29.6 Å². The summed E-state index contributed by atoms with van der Waals surface area (Å²) < 4.78 is 0. The van der Waals surface area contributed by atoms with E-state index in [9.17, 15) is 9.59 Å². The van der Waals surface area contributed by atoms with Crippen LogP contribution < -0.4 is 16.0 Å². The SMILES string of the molecule is O=C(Cc1cccs1)Nc1ccccc1NC(=O)C1CCNC1. The van der Waals surface area contributed by atoms with Gasteiger partial charge in [-0.3, -0.25) is 9.59 Å². The summed E-state index contributed by atoms with van der Waals surface area (Å²) in [5, 5.41) is 10.9. The van der Waals surface area contributed by atoms with Crippen molar-refractivity contribution in [1.29, 1.82) is 0 Å². The molecule has 0 aliphatic carbocycles. The Morgan fingerprint density at radius 3 is 2.57 bits per heavy atom. The summed E-state index contributed by atoms with van der Waals surface area (Å²) in [6, 6.07) is 11.2. The second-order valence-corrected chi connectivity index (χ2v) is 6.56. The Morgan fingerprint density at radius 2 is 1.91 bits per heavy atom. The van der Waals surface area contributed by atoms with Gasteiger partial charge in [-0.05, 0) is 36.5 Å². The van der Waals surface area contributed by atoms with Gasteiger partial charge in [0.05, 0.1) is 23.7 Å². The number of anilines is 2. The minimum Gasteiger partial charge on any atom is -0.324 e. The number of benzene rings is 1. The maximum atomic E-state index is 12.2. The molecule has 0 saturated carbocycles. The minimum absolute atomic E-state index is 0.00467. The van der Waals surface area contributed by atoms with Gasteiger partial charge in [0.25, 0.3) is 0 Å². The predicted octanol–water partition coefficient (Wildman–Crippen LogP) is 2.48. The summed E-state index contributed by atoms with van der Waals surface area (Å²) in [5.74, 6) is -0.100. The van der Waals surface area contributed by atoms with Gasteiger partial charge < -0.3 is 16.0 Å². The molecule has 1 aliphatic heterocycles. The van der Waals surface area contributed by atoms with Gasteiger partial charge >= 0.3 is 0 Å². The van der Waals surface area contributed by atoms with Gasteiger partial charge in [0.1, 0.15) is 0 Å². The van der Waals surface area contributed by atoms with E-state index in [1.165, 1.54) is 0 Å². The average molecular weight is 329 g/mol. The summed E-state index contributed by atoms with van der Waals surface area (Å²) >= 11 is 1.56. The van der Waals surface area contributed by atoms with Gasteiger partial charge in [-0.15, -0.1) is 11.3 Å². The van der Waals surface area contributed by atoms with Gasteiger partial charge in [0.2, 0.25) is 11.8 Å². The molecule has 0 bridgehead atoms. The first-order valence-corrected chi connectivity index (χ1v) is 8.53. The van der Waals surface area contributed by atoms with Gasteiger partial charge in [0, 0.05) is 11.4 Å². The molecule has 2 amide bonds. The molecule has 1 fully saturated rings. The fraction of sp³-hybridized carbons (Fsp3) is 0.294. The molecule has 5 nitrogen and oxygen atoms in total. The Balaban J connectivity index is 1.65. The van der Waals surface area contributed by atoms with Crippen molar-refractivity contribution < 1.29 is 9.59 Å². The Morgan fingerprint density at radius 1 is 1.13 bits per heavy atom. The van der Waals surface area contributed by atoms with Gasteiger partial charge in [-0.2, -0.15) is 0 Å². The number of carbonyl (C=O) groups is 2. The van der Waals surface area contributed by atoms with Crippen molar-refractivity contribution in [3.8, 4) is 0 Å². The van der Waals surface area contributed by atoms with Crippen LogP contribution in [-0.2, 0) is 16.0 Å². The number of rotatable bonds is 5. The Bertz CT molecular complexity index is 679. The zero-order valence-corrected chi connectivity index (χ0v) is 13.5. The first kappa shape index (κ1) is 15.7. The molecule has 1 saturated heterocycles. The van der Waals surface area contributed by atoms with Crippen LogP contribution in [0.1, 0.15) is 11.3 Å². The number of para-hydroxylation sites is 2. The molecule has 6 heteroatoms. The molecule has 23 heavy (non-hydrogen) atoms. The van der Waals surface area contributed by atoms with Gasteiger partial charge in [-0.25, -0.2) is 0 Å². The van der Waals surface area contributed by atoms with Crippen LogP contribution in [0.25, 0.3) is 0 Å². The average Bonchev–Trinajstić information content (AvgIpc) is 3.22. The van der Waals surface area contributed by atoms with Crippen molar-refractivity contribution in [3.63, 3.8) is 0 Å². The highest BCUT2D eigenvalue weighted by Gasteiger charge is 2.23. The molecule has 120 valence electrons. The maximum Gasteiger partial charge on any atom is 0.229 e. The first-order chi connectivity index (χ1) is 11.2. The standard InChI is InChI=1S/C17H19N3O2S/c21-16(10-13-4-3-9-23-13)19-14-5-1-2-6-15(14)20-17(22)12-7-8-18-11-12/h1-6,9,12,18H,7-8,10-11H2,(H,19,21)(H,20,22). The van der Waals surface area contributed by atoms with Crippen molar-refractivity contribution >= 4 is 34.5 Å². The second kappa shape index (κ2) is 7.39. The highest BCUT2D eigenvalue weighted by Crippen LogP contribution is 2.23. The van der Waals surface area contributed by atoms with E-state index in [0.717, 1.165) is 17.8 Å². The Kier molecular flexibility index (Phi) is 5.05.